The molecule has 0 unspecified atom stereocenters. The Morgan fingerprint density at radius 2 is 1.84 bits per heavy atom. The van der Waals surface area contributed by atoms with Gasteiger partial charge in [0.15, 0.2) is 0 Å². The number of benzene rings is 2. The number of carbonyl (C=O) groups excluding carboxylic acids is 3. The molecule has 2 aromatic rings. The maximum absolute atomic E-state index is 13.1. The topological polar surface area (TPSA) is 82.1 Å². The zero-order valence-electron chi connectivity index (χ0n) is 16.6. The van der Waals surface area contributed by atoms with Gasteiger partial charge in [0.1, 0.15) is 11.5 Å². The Morgan fingerprint density at radius 3 is 2.52 bits per heavy atom. The second-order valence-electron chi connectivity index (χ2n) is 6.96. The predicted molar refractivity (Wildman–Crippen MR) is 116 cm³/mol. The van der Waals surface area contributed by atoms with Crippen LogP contribution in [0.3, 0.4) is 0 Å². The first kappa shape index (κ1) is 22.7. The molecule has 10 heteroatoms. The number of hydrogen-bond acceptors (Lipinski definition) is 4. The van der Waals surface area contributed by atoms with Crippen LogP contribution >= 0.6 is 23.2 Å². The number of halogens is 3. The van der Waals surface area contributed by atoms with Gasteiger partial charge in [-0.3, -0.25) is 14.4 Å². The lowest BCUT2D eigenvalue weighted by molar-refractivity contribution is -0.133. The van der Waals surface area contributed by atoms with E-state index in [0.29, 0.717) is 21.3 Å². The number of carbonyl (C=O) groups is 3. The minimum Gasteiger partial charge on any atom is -0.331 e. The smallest absolute Gasteiger partial charge is 0.270 e. The van der Waals surface area contributed by atoms with E-state index in [-0.39, 0.29) is 43.4 Å². The van der Waals surface area contributed by atoms with E-state index < -0.39 is 11.8 Å². The summed E-state index contributed by atoms with van der Waals surface area (Å²) in [5.41, 5.74) is 1.31. The first-order valence-corrected chi connectivity index (χ1v) is 10.1. The van der Waals surface area contributed by atoms with Gasteiger partial charge in [-0.2, -0.15) is 5.10 Å². The summed E-state index contributed by atoms with van der Waals surface area (Å²) in [4.78, 5) is 38.4. The number of rotatable bonds is 6. The van der Waals surface area contributed by atoms with Gasteiger partial charge >= 0.3 is 0 Å². The third kappa shape index (κ3) is 6.02. The molecule has 0 aromatic heterocycles. The quantitative estimate of drug-likeness (QED) is 0.707. The Balaban J connectivity index is 1.62. The van der Waals surface area contributed by atoms with Crippen molar-refractivity contribution in [1.29, 1.82) is 0 Å². The lowest BCUT2D eigenvalue weighted by Gasteiger charge is -2.25. The van der Waals surface area contributed by atoms with Crippen LogP contribution in [0.2, 0.25) is 10.0 Å². The SMILES string of the molecule is CN(CC(=O)Nc1ccc(Cl)c(Cl)c1)C(=O)C1=NN(Cc2ccc(F)cc2)C(=O)CC1. The second kappa shape index (κ2) is 9.89. The van der Waals surface area contributed by atoms with Crippen LogP contribution in [0.1, 0.15) is 18.4 Å². The molecule has 7 nitrogen and oxygen atoms in total. The number of hydrogen-bond donors (Lipinski definition) is 1. The number of amides is 3. The van der Waals surface area contributed by atoms with Crippen LogP contribution in [0, 0.1) is 5.82 Å². The van der Waals surface area contributed by atoms with Gasteiger partial charge in [-0.1, -0.05) is 35.3 Å². The summed E-state index contributed by atoms with van der Waals surface area (Å²) in [6.45, 7) is -0.0958. The van der Waals surface area contributed by atoms with Crippen molar-refractivity contribution in [3.63, 3.8) is 0 Å². The minimum absolute atomic E-state index is 0.120. The van der Waals surface area contributed by atoms with Gasteiger partial charge in [-0.25, -0.2) is 9.40 Å². The molecule has 0 saturated heterocycles. The highest BCUT2D eigenvalue weighted by Crippen LogP contribution is 2.25. The summed E-state index contributed by atoms with van der Waals surface area (Å²) in [5.74, 6) is -1.50. The van der Waals surface area contributed by atoms with Crippen LogP contribution in [0.25, 0.3) is 0 Å². The molecule has 3 amide bonds. The van der Waals surface area contributed by atoms with Crippen LogP contribution in [-0.4, -0.2) is 46.9 Å². The summed E-state index contributed by atoms with van der Waals surface area (Å²) in [6, 6.07) is 10.3. The van der Waals surface area contributed by atoms with Crippen LogP contribution < -0.4 is 5.32 Å². The highest BCUT2D eigenvalue weighted by molar-refractivity contribution is 6.42. The van der Waals surface area contributed by atoms with Gasteiger partial charge in [-0.05, 0) is 35.9 Å². The molecule has 162 valence electrons. The average Bonchev–Trinajstić information content (AvgIpc) is 2.73. The van der Waals surface area contributed by atoms with E-state index in [0.717, 1.165) is 0 Å². The molecular formula is C21H19Cl2FN4O3. The Bertz CT molecular complexity index is 1040. The lowest BCUT2D eigenvalue weighted by Crippen LogP contribution is -2.42. The van der Waals surface area contributed by atoms with E-state index in [1.165, 1.54) is 35.2 Å². The first-order valence-electron chi connectivity index (χ1n) is 9.35. The van der Waals surface area contributed by atoms with E-state index in [2.05, 4.69) is 10.4 Å². The first-order chi connectivity index (χ1) is 14.7. The predicted octanol–water partition coefficient (Wildman–Crippen LogP) is 3.71. The zero-order valence-corrected chi connectivity index (χ0v) is 18.1. The summed E-state index contributed by atoms with van der Waals surface area (Å²) in [5, 5.41) is 8.66. The van der Waals surface area contributed by atoms with E-state index in [1.807, 2.05) is 0 Å². The van der Waals surface area contributed by atoms with Crippen molar-refractivity contribution in [1.82, 2.24) is 9.91 Å². The lowest BCUT2D eigenvalue weighted by atomic mass is 10.1. The Kier molecular flexibility index (Phi) is 7.25. The molecule has 0 bridgehead atoms. The van der Waals surface area contributed by atoms with Crippen molar-refractivity contribution in [2.24, 2.45) is 5.10 Å². The van der Waals surface area contributed by atoms with E-state index in [4.69, 9.17) is 23.2 Å². The van der Waals surface area contributed by atoms with Gasteiger partial charge in [0.2, 0.25) is 11.8 Å². The molecule has 0 radical (unpaired) electrons. The Labute approximate surface area is 188 Å². The maximum atomic E-state index is 13.1. The fraction of sp³-hybridized carbons (Fsp3) is 0.238. The van der Waals surface area contributed by atoms with Crippen LogP contribution in [0.5, 0.6) is 0 Å². The molecule has 0 fully saturated rings. The summed E-state index contributed by atoms with van der Waals surface area (Å²) < 4.78 is 13.1. The fourth-order valence-corrected chi connectivity index (χ4v) is 3.22. The number of anilines is 1. The van der Waals surface area contributed by atoms with Gasteiger partial charge < -0.3 is 10.2 Å². The summed E-state index contributed by atoms with van der Waals surface area (Å²) in [7, 11) is 1.47. The van der Waals surface area contributed by atoms with Crippen molar-refractivity contribution < 1.29 is 18.8 Å². The standard InChI is InChI=1S/C21H19Cl2FN4O3/c1-27(12-19(29)25-15-6-7-16(22)17(23)10-15)21(31)18-8-9-20(30)28(26-18)11-13-2-4-14(24)5-3-13/h2-7,10H,8-9,11-12H2,1H3,(H,25,29). The molecule has 3 rings (SSSR count). The number of likely N-dealkylation sites (N-methyl/N-ethyl adjacent to an activating group) is 1. The molecule has 1 aliphatic heterocycles. The molecule has 31 heavy (non-hydrogen) atoms. The molecule has 1 heterocycles. The van der Waals surface area contributed by atoms with Crippen molar-refractivity contribution in [2.45, 2.75) is 19.4 Å². The highest BCUT2D eigenvalue weighted by Gasteiger charge is 2.27. The largest absolute Gasteiger partial charge is 0.331 e. The van der Waals surface area contributed by atoms with Gasteiger partial charge in [-0.15, -0.1) is 0 Å². The zero-order chi connectivity index (χ0) is 22.5. The molecule has 0 spiro atoms. The molecule has 2 aromatic carbocycles. The molecular weight excluding hydrogens is 446 g/mol. The van der Waals surface area contributed by atoms with Gasteiger partial charge in [0.05, 0.1) is 23.1 Å². The van der Waals surface area contributed by atoms with E-state index in [9.17, 15) is 18.8 Å². The normalized spacial score (nSPS) is 13.6. The van der Waals surface area contributed by atoms with E-state index >= 15 is 0 Å². The monoisotopic (exact) mass is 464 g/mol. The van der Waals surface area contributed by atoms with Crippen molar-refractivity contribution in [2.75, 3.05) is 18.9 Å². The Morgan fingerprint density at radius 1 is 1.13 bits per heavy atom. The fourth-order valence-electron chi connectivity index (χ4n) is 2.92. The van der Waals surface area contributed by atoms with Gasteiger partial charge in [0.25, 0.3) is 5.91 Å². The van der Waals surface area contributed by atoms with Crippen LogP contribution in [-0.2, 0) is 20.9 Å². The van der Waals surface area contributed by atoms with Crippen molar-refractivity contribution in [3.8, 4) is 0 Å². The van der Waals surface area contributed by atoms with Crippen molar-refractivity contribution in [3.05, 3.63) is 63.9 Å². The average molecular weight is 465 g/mol. The van der Waals surface area contributed by atoms with E-state index in [1.54, 1.807) is 24.3 Å². The maximum Gasteiger partial charge on any atom is 0.270 e. The number of hydrazone groups is 1. The summed E-state index contributed by atoms with van der Waals surface area (Å²) >= 11 is 11.8. The van der Waals surface area contributed by atoms with Crippen LogP contribution in [0.15, 0.2) is 47.6 Å². The molecule has 0 saturated carbocycles. The number of nitrogens with zero attached hydrogens (tertiary/aromatic N) is 3. The number of nitrogens with one attached hydrogen (secondary N) is 1. The molecule has 0 aliphatic carbocycles. The third-order valence-electron chi connectivity index (χ3n) is 4.53. The van der Waals surface area contributed by atoms with Gasteiger partial charge in [0, 0.05) is 25.6 Å². The second-order valence-corrected chi connectivity index (χ2v) is 7.78. The molecule has 1 aliphatic rings. The van der Waals surface area contributed by atoms with Crippen molar-refractivity contribution >= 4 is 52.3 Å². The Hall–Kier alpha value is -2.97. The molecule has 0 atom stereocenters. The van der Waals surface area contributed by atoms with Crippen LogP contribution in [0.4, 0.5) is 10.1 Å². The minimum atomic E-state index is -0.458. The molecule has 1 N–H and O–H groups in total. The third-order valence-corrected chi connectivity index (χ3v) is 5.27. The summed E-state index contributed by atoms with van der Waals surface area (Å²) in [6.07, 6.45) is 0.297. The highest BCUT2D eigenvalue weighted by atomic mass is 35.5.